The van der Waals surface area contributed by atoms with Crippen LogP contribution < -0.4 is 0 Å². The molecule has 1 aromatic rings. The minimum atomic E-state index is -0.234. The molecule has 0 amide bonds. The Morgan fingerprint density at radius 2 is 2.06 bits per heavy atom. The summed E-state index contributed by atoms with van der Waals surface area (Å²) in [7, 11) is 0. The van der Waals surface area contributed by atoms with Gasteiger partial charge in [-0.25, -0.2) is 0 Å². The summed E-state index contributed by atoms with van der Waals surface area (Å²) in [5.41, 5.74) is 0.633. The van der Waals surface area contributed by atoms with Gasteiger partial charge in [-0.05, 0) is 26.0 Å². The standard InChI is InChI=1S/C12H14O3S/c1-3-15-12(14)9(2)16-11-6-4-10(8-13)5-7-11/h4-9H,3H2,1-2H3. The van der Waals surface area contributed by atoms with E-state index in [1.165, 1.54) is 11.8 Å². The maximum absolute atomic E-state index is 11.4. The Labute approximate surface area is 99.2 Å². The smallest absolute Gasteiger partial charge is 0.319 e. The maximum Gasteiger partial charge on any atom is 0.319 e. The van der Waals surface area contributed by atoms with E-state index in [4.69, 9.17) is 4.74 Å². The van der Waals surface area contributed by atoms with E-state index >= 15 is 0 Å². The van der Waals surface area contributed by atoms with Crippen LogP contribution in [0.3, 0.4) is 0 Å². The van der Waals surface area contributed by atoms with Gasteiger partial charge in [0.25, 0.3) is 0 Å². The molecule has 1 unspecified atom stereocenters. The molecule has 0 saturated heterocycles. The lowest BCUT2D eigenvalue weighted by molar-refractivity contribution is -0.142. The minimum Gasteiger partial charge on any atom is -0.465 e. The number of hydrogen-bond donors (Lipinski definition) is 0. The van der Waals surface area contributed by atoms with Gasteiger partial charge in [0.2, 0.25) is 0 Å². The Balaban J connectivity index is 2.58. The Morgan fingerprint density at radius 1 is 1.44 bits per heavy atom. The van der Waals surface area contributed by atoms with Crippen molar-refractivity contribution in [2.45, 2.75) is 24.0 Å². The highest BCUT2D eigenvalue weighted by atomic mass is 32.2. The summed E-state index contributed by atoms with van der Waals surface area (Å²) in [6.45, 7) is 3.98. The number of ether oxygens (including phenoxy) is 1. The van der Waals surface area contributed by atoms with Crippen LogP contribution in [0.5, 0.6) is 0 Å². The van der Waals surface area contributed by atoms with Gasteiger partial charge in [0.15, 0.2) is 0 Å². The lowest BCUT2D eigenvalue weighted by Gasteiger charge is -2.09. The molecule has 0 aliphatic carbocycles. The number of carbonyl (C=O) groups is 2. The van der Waals surface area contributed by atoms with Gasteiger partial charge in [-0.3, -0.25) is 9.59 Å². The van der Waals surface area contributed by atoms with Gasteiger partial charge in [-0.2, -0.15) is 0 Å². The highest BCUT2D eigenvalue weighted by Gasteiger charge is 2.14. The summed E-state index contributed by atoms with van der Waals surface area (Å²) in [6.07, 6.45) is 0.795. The van der Waals surface area contributed by atoms with Crippen LogP contribution in [0, 0.1) is 0 Å². The van der Waals surface area contributed by atoms with Crippen molar-refractivity contribution >= 4 is 24.0 Å². The molecule has 16 heavy (non-hydrogen) atoms. The summed E-state index contributed by atoms with van der Waals surface area (Å²) in [4.78, 5) is 22.8. The zero-order valence-electron chi connectivity index (χ0n) is 9.30. The third-order valence-corrected chi connectivity index (χ3v) is 3.04. The summed E-state index contributed by atoms with van der Waals surface area (Å²) in [6, 6.07) is 7.11. The number of aldehydes is 1. The molecule has 0 radical (unpaired) electrons. The van der Waals surface area contributed by atoms with E-state index in [2.05, 4.69) is 0 Å². The summed E-state index contributed by atoms with van der Waals surface area (Å²) < 4.78 is 4.90. The van der Waals surface area contributed by atoms with Crippen molar-refractivity contribution in [2.75, 3.05) is 6.61 Å². The van der Waals surface area contributed by atoms with Crippen LogP contribution >= 0.6 is 11.8 Å². The molecular formula is C12H14O3S. The van der Waals surface area contributed by atoms with Crippen molar-refractivity contribution in [3.8, 4) is 0 Å². The highest BCUT2D eigenvalue weighted by Crippen LogP contribution is 2.23. The average Bonchev–Trinajstić information content (AvgIpc) is 2.30. The van der Waals surface area contributed by atoms with E-state index < -0.39 is 0 Å². The van der Waals surface area contributed by atoms with Gasteiger partial charge < -0.3 is 4.74 Å². The number of rotatable bonds is 5. The van der Waals surface area contributed by atoms with Crippen molar-refractivity contribution in [1.29, 1.82) is 0 Å². The quantitative estimate of drug-likeness (QED) is 0.449. The molecule has 0 bridgehead atoms. The molecule has 1 atom stereocenters. The van der Waals surface area contributed by atoms with Crippen molar-refractivity contribution in [3.63, 3.8) is 0 Å². The third-order valence-electron chi connectivity index (χ3n) is 1.95. The summed E-state index contributed by atoms with van der Waals surface area (Å²) in [5.74, 6) is -0.216. The number of thioether (sulfide) groups is 1. The number of hydrogen-bond acceptors (Lipinski definition) is 4. The zero-order chi connectivity index (χ0) is 12.0. The minimum absolute atomic E-state index is 0.216. The molecule has 0 fully saturated rings. The number of carbonyl (C=O) groups excluding carboxylic acids is 2. The van der Waals surface area contributed by atoms with Gasteiger partial charge >= 0.3 is 5.97 Å². The van der Waals surface area contributed by atoms with Gasteiger partial charge in [-0.1, -0.05) is 12.1 Å². The number of benzene rings is 1. The first kappa shape index (κ1) is 12.8. The SMILES string of the molecule is CCOC(=O)C(C)Sc1ccc(C=O)cc1. The van der Waals surface area contributed by atoms with E-state index in [0.717, 1.165) is 11.2 Å². The topological polar surface area (TPSA) is 43.4 Å². The lowest BCUT2D eigenvalue weighted by atomic mass is 10.2. The summed E-state index contributed by atoms with van der Waals surface area (Å²) >= 11 is 1.42. The highest BCUT2D eigenvalue weighted by molar-refractivity contribution is 8.00. The maximum atomic E-state index is 11.4. The molecule has 0 N–H and O–H groups in total. The van der Waals surface area contributed by atoms with Gasteiger partial charge in [0.1, 0.15) is 11.5 Å². The monoisotopic (exact) mass is 238 g/mol. The zero-order valence-corrected chi connectivity index (χ0v) is 10.1. The molecule has 0 aliphatic heterocycles. The molecule has 0 aliphatic rings. The molecular weight excluding hydrogens is 224 g/mol. The molecule has 0 spiro atoms. The molecule has 86 valence electrons. The Bertz CT molecular complexity index is 359. The van der Waals surface area contributed by atoms with Crippen molar-refractivity contribution in [2.24, 2.45) is 0 Å². The Morgan fingerprint density at radius 3 is 2.56 bits per heavy atom. The van der Waals surface area contributed by atoms with E-state index in [0.29, 0.717) is 12.2 Å². The first-order valence-electron chi connectivity index (χ1n) is 5.06. The lowest BCUT2D eigenvalue weighted by Crippen LogP contribution is -2.16. The normalized spacial score (nSPS) is 11.9. The van der Waals surface area contributed by atoms with Crippen molar-refractivity contribution < 1.29 is 14.3 Å². The second-order valence-corrected chi connectivity index (χ2v) is 4.61. The van der Waals surface area contributed by atoms with Crippen molar-refractivity contribution in [1.82, 2.24) is 0 Å². The first-order chi connectivity index (χ1) is 7.67. The fourth-order valence-corrected chi connectivity index (χ4v) is 2.00. The molecule has 0 heterocycles. The average molecular weight is 238 g/mol. The summed E-state index contributed by atoms with van der Waals surface area (Å²) in [5, 5.41) is -0.234. The van der Waals surface area contributed by atoms with Crippen LogP contribution in [0.2, 0.25) is 0 Å². The molecule has 4 heteroatoms. The number of esters is 1. The van der Waals surface area contributed by atoms with Crippen LogP contribution in [0.25, 0.3) is 0 Å². The van der Waals surface area contributed by atoms with E-state index in [1.54, 1.807) is 26.0 Å². The Kier molecular flexibility index (Phi) is 5.05. The van der Waals surface area contributed by atoms with Crippen LogP contribution in [0.4, 0.5) is 0 Å². The van der Waals surface area contributed by atoms with Crippen LogP contribution in [-0.4, -0.2) is 24.1 Å². The Hall–Kier alpha value is -1.29. The van der Waals surface area contributed by atoms with Crippen LogP contribution in [-0.2, 0) is 9.53 Å². The molecule has 0 saturated carbocycles. The molecule has 1 aromatic carbocycles. The van der Waals surface area contributed by atoms with Gasteiger partial charge in [0, 0.05) is 10.5 Å². The fraction of sp³-hybridized carbons (Fsp3) is 0.333. The predicted molar refractivity (Wildman–Crippen MR) is 63.8 cm³/mol. The van der Waals surface area contributed by atoms with Crippen LogP contribution in [0.1, 0.15) is 24.2 Å². The second kappa shape index (κ2) is 6.33. The van der Waals surface area contributed by atoms with E-state index in [1.807, 2.05) is 12.1 Å². The predicted octanol–water partition coefficient (Wildman–Crippen LogP) is 2.54. The molecule has 1 rings (SSSR count). The third kappa shape index (κ3) is 3.70. The van der Waals surface area contributed by atoms with Crippen LogP contribution in [0.15, 0.2) is 29.2 Å². The molecule has 3 nitrogen and oxygen atoms in total. The van der Waals surface area contributed by atoms with Crippen molar-refractivity contribution in [3.05, 3.63) is 29.8 Å². The van der Waals surface area contributed by atoms with E-state index in [9.17, 15) is 9.59 Å². The molecule has 0 aromatic heterocycles. The largest absolute Gasteiger partial charge is 0.465 e. The van der Waals surface area contributed by atoms with E-state index in [-0.39, 0.29) is 11.2 Å². The first-order valence-corrected chi connectivity index (χ1v) is 5.94. The van der Waals surface area contributed by atoms with Gasteiger partial charge in [-0.15, -0.1) is 11.8 Å². The van der Waals surface area contributed by atoms with Gasteiger partial charge in [0.05, 0.1) is 6.61 Å². The fourth-order valence-electron chi connectivity index (χ4n) is 1.14. The second-order valence-electron chi connectivity index (χ2n) is 3.20.